The van der Waals surface area contributed by atoms with Crippen LogP contribution in [0.4, 0.5) is 0 Å². The Hall–Kier alpha value is -2.77. The molecule has 1 heteroatoms. The van der Waals surface area contributed by atoms with Crippen molar-refractivity contribution in [1.82, 2.24) is 0 Å². The van der Waals surface area contributed by atoms with Crippen molar-refractivity contribution in [1.29, 1.82) is 0 Å². The summed E-state index contributed by atoms with van der Waals surface area (Å²) in [6.07, 6.45) is 1.30. The van der Waals surface area contributed by atoms with Gasteiger partial charge in [-0.05, 0) is 69.2 Å². The van der Waals surface area contributed by atoms with Crippen LogP contribution in [0.15, 0.2) is 126 Å². The highest BCUT2D eigenvalue weighted by Gasteiger charge is 2.85. The highest BCUT2D eigenvalue weighted by Crippen LogP contribution is 2.91. The standard InChI is InChI=1S/C36H36S/c1-34(24-29(34)25-16-8-4-9-17-25)36(3)30(26-18-10-5-11-19-26)32(36)35(2)31(27-20-12-6-13-21-27)33(35)37-28-22-14-7-15-23-28/h4-23,29-33H,24H2,1-3H3/t29-,30-,31-,32-,33-,34+,35-,36+/m0/s1. The molecule has 0 amide bonds. The first-order valence-electron chi connectivity index (χ1n) is 13.9. The van der Waals surface area contributed by atoms with Gasteiger partial charge in [-0.15, -0.1) is 11.8 Å². The lowest BCUT2D eigenvalue weighted by atomic mass is 9.78. The Bertz CT molecular complexity index is 1380. The largest absolute Gasteiger partial charge is 0.121 e. The molecule has 3 fully saturated rings. The third-order valence-electron chi connectivity index (χ3n) is 10.7. The van der Waals surface area contributed by atoms with Gasteiger partial charge in [-0.3, -0.25) is 0 Å². The van der Waals surface area contributed by atoms with E-state index < -0.39 is 0 Å². The van der Waals surface area contributed by atoms with Gasteiger partial charge in [0.2, 0.25) is 0 Å². The molecular formula is C36H36S. The molecule has 8 atom stereocenters. The molecule has 0 nitrogen and oxygen atoms in total. The zero-order valence-electron chi connectivity index (χ0n) is 22.0. The summed E-state index contributed by atoms with van der Waals surface area (Å²) < 4.78 is 0. The van der Waals surface area contributed by atoms with Crippen molar-refractivity contribution in [2.75, 3.05) is 0 Å². The second kappa shape index (κ2) is 8.37. The summed E-state index contributed by atoms with van der Waals surface area (Å²) in [5.74, 6) is 2.50. The van der Waals surface area contributed by atoms with Crippen LogP contribution in [-0.2, 0) is 0 Å². The lowest BCUT2D eigenvalue weighted by Crippen LogP contribution is -2.20. The van der Waals surface area contributed by atoms with Gasteiger partial charge in [0.05, 0.1) is 0 Å². The Labute approximate surface area is 226 Å². The number of hydrogen-bond acceptors (Lipinski definition) is 1. The van der Waals surface area contributed by atoms with Crippen molar-refractivity contribution in [2.45, 2.75) is 55.1 Å². The summed E-state index contributed by atoms with van der Waals surface area (Å²) in [6, 6.07) is 45.2. The van der Waals surface area contributed by atoms with Gasteiger partial charge in [0.15, 0.2) is 0 Å². The Kier molecular flexibility index (Phi) is 5.28. The van der Waals surface area contributed by atoms with Crippen LogP contribution in [0.1, 0.15) is 61.6 Å². The first kappa shape index (κ1) is 23.4. The fraction of sp³-hybridized carbons (Fsp3) is 0.333. The minimum Gasteiger partial charge on any atom is -0.121 e. The van der Waals surface area contributed by atoms with Crippen molar-refractivity contribution in [2.24, 2.45) is 22.2 Å². The van der Waals surface area contributed by atoms with Crippen LogP contribution in [0.5, 0.6) is 0 Å². The monoisotopic (exact) mass is 500 g/mol. The van der Waals surface area contributed by atoms with E-state index in [1.807, 2.05) is 0 Å². The third-order valence-corrected chi connectivity index (χ3v) is 12.2. The van der Waals surface area contributed by atoms with Gasteiger partial charge in [0.1, 0.15) is 0 Å². The van der Waals surface area contributed by atoms with E-state index >= 15 is 0 Å². The molecule has 0 saturated heterocycles. The van der Waals surface area contributed by atoms with Crippen LogP contribution >= 0.6 is 11.8 Å². The SMILES string of the molecule is C[C@]1([C@@H]2[C@H](c3ccccc3)[C@@]2(C)[C@]2(C)C[C@H]2c2ccccc2)[C@@H](Sc2ccccc2)[C@@H]1c1ccccc1. The van der Waals surface area contributed by atoms with Gasteiger partial charge in [-0.25, -0.2) is 0 Å². The topological polar surface area (TPSA) is 0 Å². The molecule has 0 spiro atoms. The molecule has 0 N–H and O–H groups in total. The number of hydrogen-bond donors (Lipinski definition) is 0. The van der Waals surface area contributed by atoms with Crippen LogP contribution in [0.2, 0.25) is 0 Å². The fourth-order valence-corrected chi connectivity index (χ4v) is 10.1. The molecule has 0 aliphatic heterocycles. The van der Waals surface area contributed by atoms with Crippen molar-refractivity contribution < 1.29 is 0 Å². The first-order chi connectivity index (χ1) is 18.0. The van der Waals surface area contributed by atoms with E-state index in [1.165, 1.54) is 22.4 Å². The van der Waals surface area contributed by atoms with E-state index in [1.54, 1.807) is 5.56 Å². The van der Waals surface area contributed by atoms with Crippen LogP contribution in [-0.4, -0.2) is 5.25 Å². The summed E-state index contributed by atoms with van der Waals surface area (Å²) in [6.45, 7) is 7.87. The summed E-state index contributed by atoms with van der Waals surface area (Å²) in [5, 5.41) is 0.591. The molecule has 0 bridgehead atoms. The van der Waals surface area contributed by atoms with Crippen LogP contribution in [0.3, 0.4) is 0 Å². The number of thioether (sulfide) groups is 1. The molecule has 0 unspecified atom stereocenters. The molecule has 3 saturated carbocycles. The molecule has 37 heavy (non-hydrogen) atoms. The van der Waals surface area contributed by atoms with Crippen LogP contribution in [0, 0.1) is 22.2 Å². The van der Waals surface area contributed by atoms with Gasteiger partial charge < -0.3 is 0 Å². The quantitative estimate of drug-likeness (QED) is 0.243. The molecule has 0 heterocycles. The zero-order valence-corrected chi connectivity index (χ0v) is 22.9. The van der Waals surface area contributed by atoms with E-state index in [4.69, 9.17) is 0 Å². The summed E-state index contributed by atoms with van der Waals surface area (Å²) >= 11 is 2.11. The Morgan fingerprint density at radius 1 is 0.568 bits per heavy atom. The Morgan fingerprint density at radius 2 is 1.03 bits per heavy atom. The lowest BCUT2D eigenvalue weighted by Gasteiger charge is -2.26. The highest BCUT2D eigenvalue weighted by atomic mass is 32.2. The average Bonchev–Trinajstić information content (AvgIpc) is 3.89. The smallest absolute Gasteiger partial charge is 0.0232 e. The average molecular weight is 501 g/mol. The summed E-state index contributed by atoms with van der Waals surface area (Å²) in [5.41, 5.74) is 5.44. The second-order valence-electron chi connectivity index (χ2n) is 12.3. The van der Waals surface area contributed by atoms with Crippen molar-refractivity contribution in [3.05, 3.63) is 138 Å². The molecule has 3 aliphatic rings. The van der Waals surface area contributed by atoms with Crippen molar-refractivity contribution >= 4 is 11.8 Å². The van der Waals surface area contributed by atoms with Crippen LogP contribution < -0.4 is 0 Å². The van der Waals surface area contributed by atoms with Crippen molar-refractivity contribution in [3.63, 3.8) is 0 Å². The number of benzene rings is 4. The van der Waals surface area contributed by atoms with E-state index in [0.29, 0.717) is 34.3 Å². The van der Waals surface area contributed by atoms with Crippen LogP contribution in [0.25, 0.3) is 0 Å². The maximum atomic E-state index is 2.65. The maximum absolute atomic E-state index is 2.65. The Morgan fingerprint density at radius 3 is 1.57 bits per heavy atom. The summed E-state index contributed by atoms with van der Waals surface area (Å²) in [7, 11) is 0. The molecule has 0 radical (unpaired) electrons. The lowest BCUT2D eigenvalue weighted by molar-refractivity contribution is 0.251. The van der Waals surface area contributed by atoms with Crippen molar-refractivity contribution in [3.8, 4) is 0 Å². The normalized spacial score (nSPS) is 37.6. The maximum Gasteiger partial charge on any atom is 0.0232 e. The molecule has 3 aliphatic carbocycles. The fourth-order valence-electron chi connectivity index (χ4n) is 8.46. The summed E-state index contributed by atoms with van der Waals surface area (Å²) in [4.78, 5) is 1.40. The first-order valence-corrected chi connectivity index (χ1v) is 14.7. The zero-order chi connectivity index (χ0) is 25.3. The molecule has 7 rings (SSSR count). The molecule has 0 aromatic heterocycles. The van der Waals surface area contributed by atoms with E-state index in [-0.39, 0.29) is 10.8 Å². The molecular weight excluding hydrogens is 464 g/mol. The van der Waals surface area contributed by atoms with Gasteiger partial charge in [0, 0.05) is 16.1 Å². The predicted molar refractivity (Wildman–Crippen MR) is 156 cm³/mol. The van der Waals surface area contributed by atoms with Gasteiger partial charge in [-0.2, -0.15) is 0 Å². The predicted octanol–water partition coefficient (Wildman–Crippen LogP) is 9.56. The van der Waals surface area contributed by atoms with E-state index in [0.717, 1.165) is 0 Å². The van der Waals surface area contributed by atoms with E-state index in [2.05, 4.69) is 154 Å². The minimum atomic E-state index is 0.254. The second-order valence-corrected chi connectivity index (χ2v) is 13.6. The molecule has 4 aromatic rings. The third kappa shape index (κ3) is 3.43. The van der Waals surface area contributed by atoms with E-state index in [9.17, 15) is 0 Å². The Balaban J connectivity index is 1.30. The number of rotatable bonds is 7. The van der Waals surface area contributed by atoms with Gasteiger partial charge in [0.25, 0.3) is 0 Å². The minimum absolute atomic E-state index is 0.254. The highest BCUT2D eigenvalue weighted by molar-refractivity contribution is 8.00. The molecule has 186 valence electrons. The van der Waals surface area contributed by atoms with Gasteiger partial charge in [-0.1, -0.05) is 130 Å². The van der Waals surface area contributed by atoms with Gasteiger partial charge >= 0.3 is 0 Å². The molecule has 4 aromatic carbocycles.